The van der Waals surface area contributed by atoms with Gasteiger partial charge < -0.3 is 9.30 Å². The second kappa shape index (κ2) is 6.75. The average Bonchev–Trinajstić information content (AvgIpc) is 2.93. The van der Waals surface area contributed by atoms with E-state index in [0.29, 0.717) is 0 Å². The first-order valence-corrected chi connectivity index (χ1v) is 8.59. The fourth-order valence-electron chi connectivity index (χ4n) is 3.37. The molecule has 1 aliphatic heterocycles. The summed E-state index contributed by atoms with van der Waals surface area (Å²) in [6.07, 6.45) is 0. The van der Waals surface area contributed by atoms with Crippen molar-refractivity contribution in [2.24, 2.45) is 0 Å². The summed E-state index contributed by atoms with van der Waals surface area (Å²) in [6.45, 7) is 7.48. The molecule has 4 nitrogen and oxygen atoms in total. The lowest BCUT2D eigenvalue weighted by molar-refractivity contribution is 0.0327. The minimum atomic E-state index is 0.818. The van der Waals surface area contributed by atoms with Crippen LogP contribution in [0.2, 0.25) is 0 Å². The number of morpholine rings is 1. The van der Waals surface area contributed by atoms with E-state index in [-0.39, 0.29) is 0 Å². The van der Waals surface area contributed by atoms with Crippen molar-refractivity contribution < 1.29 is 4.74 Å². The van der Waals surface area contributed by atoms with Crippen molar-refractivity contribution in [1.29, 1.82) is 0 Å². The maximum absolute atomic E-state index is 5.47. The summed E-state index contributed by atoms with van der Waals surface area (Å²) in [6, 6.07) is 17.1. The zero-order valence-corrected chi connectivity index (χ0v) is 14.1. The molecule has 3 aromatic rings. The van der Waals surface area contributed by atoms with Gasteiger partial charge in [0, 0.05) is 19.6 Å². The molecule has 1 saturated heterocycles. The Morgan fingerprint density at radius 2 is 1.83 bits per heavy atom. The van der Waals surface area contributed by atoms with E-state index in [1.165, 1.54) is 16.6 Å². The average molecular weight is 321 g/mol. The lowest BCUT2D eigenvalue weighted by atomic mass is 10.1. The van der Waals surface area contributed by atoms with Crippen LogP contribution in [0.1, 0.15) is 17.0 Å². The quantitative estimate of drug-likeness (QED) is 0.739. The van der Waals surface area contributed by atoms with Crippen LogP contribution in [0.25, 0.3) is 11.0 Å². The van der Waals surface area contributed by atoms with Crippen LogP contribution in [0, 0.1) is 6.92 Å². The van der Waals surface area contributed by atoms with Crippen molar-refractivity contribution in [2.45, 2.75) is 20.0 Å². The lowest BCUT2D eigenvalue weighted by Gasteiger charge is -2.26. The molecule has 0 spiro atoms. The van der Waals surface area contributed by atoms with Crippen molar-refractivity contribution in [3.63, 3.8) is 0 Å². The fraction of sp³-hybridized carbons (Fsp3) is 0.350. The summed E-state index contributed by atoms with van der Waals surface area (Å²) >= 11 is 0. The Balaban J connectivity index is 1.69. The van der Waals surface area contributed by atoms with Gasteiger partial charge in [-0.15, -0.1) is 0 Å². The molecule has 4 heteroatoms. The number of hydrogen-bond donors (Lipinski definition) is 0. The molecular weight excluding hydrogens is 298 g/mol. The minimum Gasteiger partial charge on any atom is -0.379 e. The third-order valence-corrected chi connectivity index (χ3v) is 4.63. The van der Waals surface area contributed by atoms with Crippen molar-refractivity contribution >= 4 is 11.0 Å². The Kier molecular flexibility index (Phi) is 4.32. The number of fused-ring (bicyclic) bond motifs is 1. The number of imidazole rings is 1. The van der Waals surface area contributed by atoms with Gasteiger partial charge in [-0.1, -0.05) is 42.0 Å². The van der Waals surface area contributed by atoms with Crippen LogP contribution in [0.5, 0.6) is 0 Å². The summed E-state index contributed by atoms with van der Waals surface area (Å²) in [5.41, 5.74) is 4.91. The molecule has 1 aromatic heterocycles. The van der Waals surface area contributed by atoms with Gasteiger partial charge in [0.1, 0.15) is 5.82 Å². The standard InChI is InChI=1S/C20H23N3O/c1-16-5-4-6-17(13-16)14-23-19-8-3-2-7-18(19)21-20(23)15-22-9-11-24-12-10-22/h2-8,13H,9-12,14-15H2,1H3. The first-order valence-electron chi connectivity index (χ1n) is 8.59. The number of ether oxygens (including phenoxy) is 1. The highest BCUT2D eigenvalue weighted by Crippen LogP contribution is 2.20. The van der Waals surface area contributed by atoms with Crippen molar-refractivity contribution in [1.82, 2.24) is 14.5 Å². The molecule has 1 aliphatic rings. The largest absolute Gasteiger partial charge is 0.379 e. The summed E-state index contributed by atoms with van der Waals surface area (Å²) in [4.78, 5) is 7.33. The topological polar surface area (TPSA) is 30.3 Å². The molecule has 0 radical (unpaired) electrons. The van der Waals surface area contributed by atoms with Gasteiger partial charge in [0.2, 0.25) is 0 Å². The van der Waals surface area contributed by atoms with Gasteiger partial charge in [-0.2, -0.15) is 0 Å². The second-order valence-corrected chi connectivity index (χ2v) is 6.48. The zero-order valence-electron chi connectivity index (χ0n) is 14.1. The van der Waals surface area contributed by atoms with Crippen LogP contribution in [0.4, 0.5) is 0 Å². The lowest BCUT2D eigenvalue weighted by Crippen LogP contribution is -2.36. The predicted molar refractivity (Wildman–Crippen MR) is 96.1 cm³/mol. The van der Waals surface area contributed by atoms with E-state index in [1.807, 2.05) is 0 Å². The number of rotatable bonds is 4. The third kappa shape index (κ3) is 3.21. The van der Waals surface area contributed by atoms with E-state index in [4.69, 9.17) is 9.72 Å². The van der Waals surface area contributed by atoms with Crippen LogP contribution >= 0.6 is 0 Å². The summed E-state index contributed by atoms with van der Waals surface area (Å²) in [7, 11) is 0. The highest BCUT2D eigenvalue weighted by Gasteiger charge is 2.16. The Morgan fingerprint density at radius 3 is 2.67 bits per heavy atom. The summed E-state index contributed by atoms with van der Waals surface area (Å²) in [5, 5.41) is 0. The van der Waals surface area contributed by atoms with Gasteiger partial charge >= 0.3 is 0 Å². The number of hydrogen-bond acceptors (Lipinski definition) is 3. The Hall–Kier alpha value is -2.17. The maximum atomic E-state index is 5.47. The van der Waals surface area contributed by atoms with E-state index < -0.39 is 0 Å². The third-order valence-electron chi connectivity index (χ3n) is 4.63. The van der Waals surface area contributed by atoms with E-state index in [9.17, 15) is 0 Å². The molecular formula is C20H23N3O. The molecule has 0 unspecified atom stereocenters. The van der Waals surface area contributed by atoms with Gasteiger partial charge in [-0.25, -0.2) is 4.98 Å². The van der Waals surface area contributed by atoms with Crippen LogP contribution in [-0.2, 0) is 17.8 Å². The number of benzene rings is 2. The second-order valence-electron chi connectivity index (χ2n) is 6.48. The molecule has 0 bridgehead atoms. The van der Waals surface area contributed by atoms with Gasteiger partial charge in [0.05, 0.1) is 30.8 Å². The van der Waals surface area contributed by atoms with Gasteiger partial charge in [-0.05, 0) is 24.6 Å². The zero-order chi connectivity index (χ0) is 16.4. The van der Waals surface area contributed by atoms with E-state index >= 15 is 0 Å². The van der Waals surface area contributed by atoms with Crippen molar-refractivity contribution in [2.75, 3.05) is 26.3 Å². The van der Waals surface area contributed by atoms with E-state index in [2.05, 4.69) is 64.9 Å². The Labute approximate surface area is 142 Å². The molecule has 0 aliphatic carbocycles. The predicted octanol–water partition coefficient (Wildman–Crippen LogP) is 3.23. The summed E-state index contributed by atoms with van der Waals surface area (Å²) in [5.74, 6) is 1.14. The van der Waals surface area contributed by atoms with Crippen molar-refractivity contribution in [3.05, 3.63) is 65.5 Å². The Morgan fingerprint density at radius 1 is 1.00 bits per heavy atom. The highest BCUT2D eigenvalue weighted by atomic mass is 16.5. The number of aryl methyl sites for hydroxylation is 1. The first kappa shape index (κ1) is 15.4. The molecule has 124 valence electrons. The molecule has 4 rings (SSSR count). The first-order chi connectivity index (χ1) is 11.8. The van der Waals surface area contributed by atoms with Gasteiger partial charge in [-0.3, -0.25) is 4.90 Å². The molecule has 0 N–H and O–H groups in total. The van der Waals surface area contributed by atoms with Crippen LogP contribution < -0.4 is 0 Å². The number of aromatic nitrogens is 2. The Bertz CT molecular complexity index is 834. The number of nitrogens with zero attached hydrogens (tertiary/aromatic N) is 3. The smallest absolute Gasteiger partial charge is 0.124 e. The molecule has 0 atom stereocenters. The molecule has 0 amide bonds. The molecule has 1 fully saturated rings. The monoisotopic (exact) mass is 321 g/mol. The number of para-hydroxylation sites is 2. The summed E-state index contributed by atoms with van der Waals surface area (Å²) < 4.78 is 7.83. The molecule has 24 heavy (non-hydrogen) atoms. The fourth-order valence-corrected chi connectivity index (χ4v) is 3.37. The normalized spacial score (nSPS) is 15.9. The van der Waals surface area contributed by atoms with Gasteiger partial charge in [0.15, 0.2) is 0 Å². The minimum absolute atomic E-state index is 0.818. The van der Waals surface area contributed by atoms with E-state index in [1.54, 1.807) is 0 Å². The van der Waals surface area contributed by atoms with Crippen LogP contribution in [0.15, 0.2) is 48.5 Å². The SMILES string of the molecule is Cc1cccc(Cn2c(CN3CCOCC3)nc3ccccc32)c1. The molecule has 2 heterocycles. The van der Waals surface area contributed by atoms with Crippen LogP contribution in [0.3, 0.4) is 0 Å². The van der Waals surface area contributed by atoms with Gasteiger partial charge in [0.25, 0.3) is 0 Å². The molecule has 0 saturated carbocycles. The molecule has 2 aromatic carbocycles. The van der Waals surface area contributed by atoms with Crippen LogP contribution in [-0.4, -0.2) is 40.8 Å². The maximum Gasteiger partial charge on any atom is 0.124 e. The highest BCUT2D eigenvalue weighted by molar-refractivity contribution is 5.76. The van der Waals surface area contributed by atoms with E-state index in [0.717, 1.165) is 50.7 Å². The van der Waals surface area contributed by atoms with Crippen molar-refractivity contribution in [3.8, 4) is 0 Å².